The van der Waals surface area contributed by atoms with Gasteiger partial charge in [-0.2, -0.15) is 0 Å². The maximum absolute atomic E-state index is 11.8. The summed E-state index contributed by atoms with van der Waals surface area (Å²) in [6, 6.07) is 16.1. The van der Waals surface area contributed by atoms with E-state index in [1.807, 2.05) is 43.3 Å². The van der Waals surface area contributed by atoms with Crippen LogP contribution in [-0.4, -0.2) is 40.6 Å². The fraction of sp³-hybridized carbons (Fsp3) is 0.364. The Hall–Kier alpha value is -2.37. The Morgan fingerprint density at radius 3 is 2.68 bits per heavy atom. The van der Waals surface area contributed by atoms with Crippen LogP contribution in [0, 0.1) is 5.92 Å². The van der Waals surface area contributed by atoms with Crippen molar-refractivity contribution in [3.05, 3.63) is 64.9 Å². The quantitative estimate of drug-likeness (QED) is 0.528. The van der Waals surface area contributed by atoms with Gasteiger partial charge in [-0.15, -0.1) is 0 Å². The van der Waals surface area contributed by atoms with Gasteiger partial charge in [-0.1, -0.05) is 55.8 Å². The molecule has 3 aromatic rings. The van der Waals surface area contributed by atoms with E-state index in [-0.39, 0.29) is 11.9 Å². The summed E-state index contributed by atoms with van der Waals surface area (Å²) >= 11 is 6.18. The van der Waals surface area contributed by atoms with Gasteiger partial charge in [0.15, 0.2) is 0 Å². The minimum atomic E-state index is -0.192. The lowest BCUT2D eigenvalue weighted by molar-refractivity contribution is -0.145. The van der Waals surface area contributed by atoms with Crippen LogP contribution in [0.5, 0.6) is 0 Å². The third-order valence-corrected chi connectivity index (χ3v) is 5.16. The molecule has 0 aliphatic rings. The lowest BCUT2D eigenvalue weighted by atomic mass is 10.1. The van der Waals surface area contributed by atoms with Crippen LogP contribution in [0.1, 0.15) is 25.2 Å². The summed E-state index contributed by atoms with van der Waals surface area (Å²) in [7, 11) is 1.43. The van der Waals surface area contributed by atoms with Crippen molar-refractivity contribution in [3.8, 4) is 0 Å². The number of carbonyl (C=O) groups excluding carboxylic acids is 1. The molecule has 0 aliphatic heterocycles. The number of rotatable bonds is 8. The second-order valence-corrected chi connectivity index (χ2v) is 7.42. The number of hydrogen-bond acceptors (Lipinski definition) is 4. The van der Waals surface area contributed by atoms with Gasteiger partial charge in [-0.05, 0) is 30.3 Å². The zero-order valence-corrected chi connectivity index (χ0v) is 17.3. The SMILES string of the molecule is CCN(Cc1nc2cc(Cl)ccc2n1Cc1ccccc1)CC(C)C(=O)OC. The van der Waals surface area contributed by atoms with Crippen LogP contribution >= 0.6 is 11.6 Å². The maximum Gasteiger partial charge on any atom is 0.309 e. The molecule has 6 heteroatoms. The summed E-state index contributed by atoms with van der Waals surface area (Å²) in [5.74, 6) is 0.578. The fourth-order valence-corrected chi connectivity index (χ4v) is 3.55. The Kier molecular flexibility index (Phi) is 6.70. The number of hydrogen-bond donors (Lipinski definition) is 0. The molecule has 28 heavy (non-hydrogen) atoms. The summed E-state index contributed by atoms with van der Waals surface area (Å²) < 4.78 is 7.10. The lowest BCUT2D eigenvalue weighted by Crippen LogP contribution is -2.33. The number of imidazole rings is 1. The van der Waals surface area contributed by atoms with Gasteiger partial charge in [0.2, 0.25) is 0 Å². The molecule has 5 nitrogen and oxygen atoms in total. The number of fused-ring (bicyclic) bond motifs is 1. The zero-order chi connectivity index (χ0) is 20.1. The van der Waals surface area contributed by atoms with Crippen molar-refractivity contribution in [1.29, 1.82) is 0 Å². The molecule has 1 aromatic heterocycles. The van der Waals surface area contributed by atoms with Crippen LogP contribution in [0.15, 0.2) is 48.5 Å². The molecule has 0 spiro atoms. The van der Waals surface area contributed by atoms with Crippen LogP contribution in [0.3, 0.4) is 0 Å². The first-order valence-electron chi connectivity index (χ1n) is 9.50. The Balaban J connectivity index is 1.92. The average molecular weight is 400 g/mol. The van der Waals surface area contributed by atoms with Crippen LogP contribution in [0.4, 0.5) is 0 Å². The third kappa shape index (κ3) is 4.72. The Morgan fingerprint density at radius 1 is 1.25 bits per heavy atom. The Bertz CT molecular complexity index is 940. The smallest absolute Gasteiger partial charge is 0.309 e. The van der Waals surface area contributed by atoms with Crippen LogP contribution in [0.2, 0.25) is 5.02 Å². The van der Waals surface area contributed by atoms with E-state index in [0.29, 0.717) is 18.1 Å². The number of nitrogens with zero attached hydrogens (tertiary/aromatic N) is 3. The average Bonchev–Trinajstić information content (AvgIpc) is 3.03. The minimum Gasteiger partial charge on any atom is -0.469 e. The van der Waals surface area contributed by atoms with Crippen molar-refractivity contribution < 1.29 is 9.53 Å². The van der Waals surface area contributed by atoms with Crippen molar-refractivity contribution in [2.75, 3.05) is 20.2 Å². The van der Waals surface area contributed by atoms with E-state index in [1.165, 1.54) is 12.7 Å². The fourth-order valence-electron chi connectivity index (χ4n) is 3.38. The topological polar surface area (TPSA) is 47.4 Å². The highest BCUT2D eigenvalue weighted by molar-refractivity contribution is 6.31. The normalized spacial score (nSPS) is 12.5. The van der Waals surface area contributed by atoms with Gasteiger partial charge in [0.05, 0.1) is 30.6 Å². The number of aromatic nitrogens is 2. The molecule has 0 saturated heterocycles. The van der Waals surface area contributed by atoms with Gasteiger partial charge in [-0.25, -0.2) is 4.98 Å². The van der Waals surface area contributed by atoms with Gasteiger partial charge < -0.3 is 9.30 Å². The minimum absolute atomic E-state index is 0.189. The van der Waals surface area contributed by atoms with Gasteiger partial charge in [-0.3, -0.25) is 9.69 Å². The highest BCUT2D eigenvalue weighted by Crippen LogP contribution is 2.23. The maximum atomic E-state index is 11.8. The molecule has 148 valence electrons. The molecule has 0 bridgehead atoms. The van der Waals surface area contributed by atoms with Gasteiger partial charge in [0.25, 0.3) is 0 Å². The van der Waals surface area contributed by atoms with E-state index in [4.69, 9.17) is 21.3 Å². The van der Waals surface area contributed by atoms with Crippen molar-refractivity contribution in [2.45, 2.75) is 26.9 Å². The number of halogens is 1. The van der Waals surface area contributed by atoms with Crippen LogP contribution in [-0.2, 0) is 22.6 Å². The number of methoxy groups -OCH3 is 1. The number of benzene rings is 2. The van der Waals surface area contributed by atoms with Crippen molar-refractivity contribution in [2.24, 2.45) is 5.92 Å². The summed E-state index contributed by atoms with van der Waals surface area (Å²) in [5, 5.41) is 0.676. The van der Waals surface area contributed by atoms with Crippen LogP contribution in [0.25, 0.3) is 11.0 Å². The number of carbonyl (C=O) groups is 1. The van der Waals surface area contributed by atoms with E-state index in [9.17, 15) is 4.79 Å². The number of esters is 1. The van der Waals surface area contributed by atoms with Crippen molar-refractivity contribution in [1.82, 2.24) is 14.5 Å². The molecule has 0 N–H and O–H groups in total. The second-order valence-electron chi connectivity index (χ2n) is 6.98. The highest BCUT2D eigenvalue weighted by atomic mass is 35.5. The first kappa shape index (κ1) is 20.4. The lowest BCUT2D eigenvalue weighted by Gasteiger charge is -2.23. The molecule has 1 unspecified atom stereocenters. The molecule has 0 radical (unpaired) electrons. The van der Waals surface area contributed by atoms with Crippen LogP contribution < -0.4 is 0 Å². The summed E-state index contributed by atoms with van der Waals surface area (Å²) in [6.07, 6.45) is 0. The molecule has 2 aromatic carbocycles. The number of ether oxygens (including phenoxy) is 1. The molecular formula is C22H26ClN3O2. The summed E-state index contributed by atoms with van der Waals surface area (Å²) in [5.41, 5.74) is 3.15. The van der Waals surface area contributed by atoms with E-state index in [2.05, 4.69) is 28.5 Å². The molecular weight excluding hydrogens is 374 g/mol. The first-order valence-corrected chi connectivity index (χ1v) is 9.88. The van der Waals surface area contributed by atoms with E-state index < -0.39 is 0 Å². The van der Waals surface area contributed by atoms with E-state index >= 15 is 0 Å². The molecule has 3 rings (SSSR count). The molecule has 0 fully saturated rings. The first-order chi connectivity index (χ1) is 13.5. The van der Waals surface area contributed by atoms with Gasteiger partial charge in [0, 0.05) is 18.1 Å². The third-order valence-electron chi connectivity index (χ3n) is 4.92. The largest absolute Gasteiger partial charge is 0.469 e. The van der Waals surface area contributed by atoms with Gasteiger partial charge in [0.1, 0.15) is 5.82 Å². The molecule has 0 amide bonds. The summed E-state index contributed by atoms with van der Waals surface area (Å²) in [6.45, 7) is 6.80. The standard InChI is InChI=1S/C22H26ClN3O2/c1-4-25(13-16(2)22(27)28-3)15-21-24-19-12-18(23)10-11-20(19)26(21)14-17-8-6-5-7-9-17/h5-12,16H,4,13-15H2,1-3H3. The molecule has 1 heterocycles. The van der Waals surface area contributed by atoms with E-state index in [0.717, 1.165) is 29.9 Å². The summed E-state index contributed by atoms with van der Waals surface area (Å²) in [4.78, 5) is 18.9. The van der Waals surface area contributed by atoms with Gasteiger partial charge >= 0.3 is 5.97 Å². The molecule has 1 atom stereocenters. The molecule has 0 aliphatic carbocycles. The highest BCUT2D eigenvalue weighted by Gasteiger charge is 2.19. The monoisotopic (exact) mass is 399 g/mol. The Labute approximate surface area is 170 Å². The predicted molar refractivity (Wildman–Crippen MR) is 112 cm³/mol. The zero-order valence-electron chi connectivity index (χ0n) is 16.6. The van der Waals surface area contributed by atoms with Crippen molar-refractivity contribution >= 4 is 28.6 Å². The van der Waals surface area contributed by atoms with Crippen molar-refractivity contribution in [3.63, 3.8) is 0 Å². The predicted octanol–water partition coefficient (Wildman–Crippen LogP) is 4.37. The molecule has 0 saturated carbocycles. The van der Waals surface area contributed by atoms with E-state index in [1.54, 1.807) is 0 Å². The second kappa shape index (κ2) is 9.22. The Morgan fingerprint density at radius 2 is 2.00 bits per heavy atom.